The lowest BCUT2D eigenvalue weighted by Gasteiger charge is -2.10. The second kappa shape index (κ2) is 5.10. The van der Waals surface area contributed by atoms with Gasteiger partial charge in [0.2, 0.25) is 0 Å². The summed E-state index contributed by atoms with van der Waals surface area (Å²) in [5.74, 6) is -1.44. The van der Waals surface area contributed by atoms with E-state index >= 15 is 0 Å². The SMILES string of the molecule is C[C@@H](OCc1cc(F)cc2cccnc12)C(=O)O. The first-order chi connectivity index (χ1) is 8.58. The Labute approximate surface area is 103 Å². The molecule has 2 rings (SSSR count). The largest absolute Gasteiger partial charge is 0.479 e. The van der Waals surface area contributed by atoms with Crippen molar-refractivity contribution in [1.82, 2.24) is 4.98 Å². The summed E-state index contributed by atoms with van der Waals surface area (Å²) in [5.41, 5.74) is 1.16. The molecule has 1 aromatic carbocycles. The van der Waals surface area contributed by atoms with Gasteiger partial charge in [-0.05, 0) is 25.1 Å². The van der Waals surface area contributed by atoms with Gasteiger partial charge in [0, 0.05) is 17.1 Å². The summed E-state index contributed by atoms with van der Waals surface area (Å²) >= 11 is 0. The minimum Gasteiger partial charge on any atom is -0.479 e. The van der Waals surface area contributed by atoms with Crippen molar-refractivity contribution in [1.29, 1.82) is 0 Å². The lowest BCUT2D eigenvalue weighted by atomic mass is 10.1. The molecule has 2 aromatic rings. The molecule has 5 heteroatoms. The number of fused-ring (bicyclic) bond motifs is 1. The number of ether oxygens (including phenoxy) is 1. The van der Waals surface area contributed by atoms with E-state index in [-0.39, 0.29) is 6.61 Å². The van der Waals surface area contributed by atoms with E-state index in [2.05, 4.69) is 4.98 Å². The fraction of sp³-hybridized carbons (Fsp3) is 0.231. The first kappa shape index (κ1) is 12.4. The van der Waals surface area contributed by atoms with Crippen LogP contribution in [0, 0.1) is 5.82 Å². The van der Waals surface area contributed by atoms with E-state index in [1.54, 1.807) is 18.3 Å². The topological polar surface area (TPSA) is 59.4 Å². The Morgan fingerprint density at radius 1 is 1.56 bits per heavy atom. The molecule has 0 bridgehead atoms. The Kier molecular flexibility index (Phi) is 3.53. The molecule has 0 unspecified atom stereocenters. The number of halogens is 1. The molecule has 0 saturated heterocycles. The minimum atomic E-state index is -1.05. The average molecular weight is 249 g/mol. The first-order valence-corrected chi connectivity index (χ1v) is 5.45. The standard InChI is InChI=1S/C13H12FNO3/c1-8(13(16)17)18-7-10-6-11(14)5-9-3-2-4-15-12(9)10/h2-6,8H,7H2,1H3,(H,16,17)/t8-/m1/s1. The van der Waals surface area contributed by atoms with Crippen LogP contribution in [-0.4, -0.2) is 22.2 Å². The number of benzene rings is 1. The average Bonchev–Trinajstić information content (AvgIpc) is 2.35. The third-order valence-electron chi connectivity index (χ3n) is 2.59. The second-order valence-corrected chi connectivity index (χ2v) is 3.93. The Morgan fingerprint density at radius 2 is 2.33 bits per heavy atom. The normalized spacial score (nSPS) is 12.6. The van der Waals surface area contributed by atoms with Crippen LogP contribution in [0.15, 0.2) is 30.5 Å². The summed E-state index contributed by atoms with van der Waals surface area (Å²) in [6.45, 7) is 1.44. The van der Waals surface area contributed by atoms with Crippen molar-refractivity contribution < 1.29 is 19.0 Å². The van der Waals surface area contributed by atoms with E-state index in [9.17, 15) is 9.18 Å². The number of aliphatic carboxylic acids is 1. The van der Waals surface area contributed by atoms with E-state index in [0.717, 1.165) is 0 Å². The van der Waals surface area contributed by atoms with Gasteiger partial charge in [-0.1, -0.05) is 6.07 Å². The highest BCUT2D eigenvalue weighted by atomic mass is 19.1. The molecule has 0 saturated carbocycles. The smallest absolute Gasteiger partial charge is 0.332 e. The van der Waals surface area contributed by atoms with Crippen LogP contribution < -0.4 is 0 Å². The van der Waals surface area contributed by atoms with E-state index in [1.807, 2.05) is 0 Å². The number of nitrogens with zero attached hydrogens (tertiary/aromatic N) is 1. The molecule has 4 nitrogen and oxygen atoms in total. The van der Waals surface area contributed by atoms with Gasteiger partial charge < -0.3 is 9.84 Å². The van der Waals surface area contributed by atoms with Gasteiger partial charge in [-0.2, -0.15) is 0 Å². The van der Waals surface area contributed by atoms with Gasteiger partial charge in [-0.15, -0.1) is 0 Å². The van der Waals surface area contributed by atoms with Crippen LogP contribution in [0.4, 0.5) is 4.39 Å². The van der Waals surface area contributed by atoms with Crippen molar-refractivity contribution in [2.75, 3.05) is 0 Å². The van der Waals surface area contributed by atoms with Gasteiger partial charge in [0.05, 0.1) is 12.1 Å². The number of carbonyl (C=O) groups is 1. The maximum Gasteiger partial charge on any atom is 0.332 e. The third-order valence-corrected chi connectivity index (χ3v) is 2.59. The fourth-order valence-electron chi connectivity index (χ4n) is 1.62. The predicted molar refractivity (Wildman–Crippen MR) is 63.6 cm³/mol. The number of aromatic nitrogens is 1. The molecule has 0 radical (unpaired) electrons. The molecule has 0 aliphatic rings. The molecular weight excluding hydrogens is 237 g/mol. The van der Waals surface area contributed by atoms with Gasteiger partial charge in [-0.3, -0.25) is 4.98 Å². The van der Waals surface area contributed by atoms with Gasteiger partial charge >= 0.3 is 5.97 Å². The second-order valence-electron chi connectivity index (χ2n) is 3.93. The number of hydrogen-bond donors (Lipinski definition) is 1. The van der Waals surface area contributed by atoms with Crippen molar-refractivity contribution in [3.63, 3.8) is 0 Å². The molecule has 0 fully saturated rings. The summed E-state index contributed by atoms with van der Waals surface area (Å²) < 4.78 is 18.5. The van der Waals surface area contributed by atoms with E-state index in [0.29, 0.717) is 16.5 Å². The highest BCUT2D eigenvalue weighted by molar-refractivity contribution is 5.81. The zero-order valence-corrected chi connectivity index (χ0v) is 9.76. The summed E-state index contributed by atoms with van der Waals surface area (Å²) in [6.07, 6.45) is 0.664. The fourth-order valence-corrected chi connectivity index (χ4v) is 1.62. The van der Waals surface area contributed by atoms with Gasteiger partial charge in [0.1, 0.15) is 5.82 Å². The van der Waals surface area contributed by atoms with Crippen LogP contribution >= 0.6 is 0 Å². The van der Waals surface area contributed by atoms with E-state index < -0.39 is 17.9 Å². The van der Waals surface area contributed by atoms with Crippen LogP contribution in [0.5, 0.6) is 0 Å². The molecule has 0 spiro atoms. The summed E-state index contributed by atoms with van der Waals surface area (Å²) in [7, 11) is 0. The zero-order chi connectivity index (χ0) is 13.1. The van der Waals surface area contributed by atoms with Crippen molar-refractivity contribution in [2.45, 2.75) is 19.6 Å². The molecule has 0 aliphatic heterocycles. The molecule has 1 N–H and O–H groups in total. The number of carboxylic acids is 1. The van der Waals surface area contributed by atoms with Crippen molar-refractivity contribution in [2.24, 2.45) is 0 Å². The Hall–Kier alpha value is -2.01. The van der Waals surface area contributed by atoms with Gasteiger partial charge in [0.25, 0.3) is 0 Å². The Balaban J connectivity index is 2.29. The maximum absolute atomic E-state index is 13.4. The summed E-state index contributed by atoms with van der Waals surface area (Å²) in [6, 6.07) is 6.15. The van der Waals surface area contributed by atoms with E-state index in [1.165, 1.54) is 19.1 Å². The highest BCUT2D eigenvalue weighted by Gasteiger charge is 2.13. The van der Waals surface area contributed by atoms with Crippen LogP contribution in [0.1, 0.15) is 12.5 Å². The third kappa shape index (κ3) is 2.62. The maximum atomic E-state index is 13.4. The lowest BCUT2D eigenvalue weighted by Crippen LogP contribution is -2.19. The highest BCUT2D eigenvalue weighted by Crippen LogP contribution is 2.19. The quantitative estimate of drug-likeness (QED) is 0.903. The summed E-state index contributed by atoms with van der Waals surface area (Å²) in [5, 5.41) is 9.38. The van der Waals surface area contributed by atoms with Crippen molar-refractivity contribution in [3.05, 3.63) is 41.8 Å². The first-order valence-electron chi connectivity index (χ1n) is 5.45. The zero-order valence-electron chi connectivity index (χ0n) is 9.76. The number of hydrogen-bond acceptors (Lipinski definition) is 3. The molecule has 0 amide bonds. The van der Waals surface area contributed by atoms with Gasteiger partial charge in [0.15, 0.2) is 6.10 Å². The number of pyridine rings is 1. The molecule has 1 aromatic heterocycles. The minimum absolute atomic E-state index is 0.0126. The van der Waals surface area contributed by atoms with Crippen LogP contribution in [-0.2, 0) is 16.1 Å². The van der Waals surface area contributed by atoms with Crippen molar-refractivity contribution >= 4 is 16.9 Å². The van der Waals surface area contributed by atoms with Crippen LogP contribution in [0.3, 0.4) is 0 Å². The monoisotopic (exact) mass is 249 g/mol. The molecular formula is C13H12FNO3. The molecule has 1 atom stereocenters. The lowest BCUT2D eigenvalue weighted by molar-refractivity contribution is -0.149. The molecule has 0 aliphatic carbocycles. The summed E-state index contributed by atoms with van der Waals surface area (Å²) in [4.78, 5) is 14.8. The molecule has 18 heavy (non-hydrogen) atoms. The van der Waals surface area contributed by atoms with Crippen LogP contribution in [0.25, 0.3) is 10.9 Å². The van der Waals surface area contributed by atoms with Gasteiger partial charge in [-0.25, -0.2) is 9.18 Å². The molecule has 94 valence electrons. The number of rotatable bonds is 4. The van der Waals surface area contributed by atoms with Crippen LogP contribution in [0.2, 0.25) is 0 Å². The molecule has 1 heterocycles. The number of carboxylic acid groups (broad SMARTS) is 1. The van der Waals surface area contributed by atoms with E-state index in [4.69, 9.17) is 9.84 Å². The predicted octanol–water partition coefficient (Wildman–Crippen LogP) is 2.36. The van der Waals surface area contributed by atoms with Crippen molar-refractivity contribution in [3.8, 4) is 0 Å². The Morgan fingerprint density at radius 3 is 3.06 bits per heavy atom. The Bertz CT molecular complexity index is 585.